The van der Waals surface area contributed by atoms with Gasteiger partial charge in [-0.15, -0.1) is 11.3 Å². The Hall–Kier alpha value is -1.23. The second kappa shape index (κ2) is 6.28. The van der Waals surface area contributed by atoms with E-state index >= 15 is 0 Å². The Morgan fingerprint density at radius 3 is 2.47 bits per heavy atom. The summed E-state index contributed by atoms with van der Waals surface area (Å²) >= 11 is 7.84. The lowest BCUT2D eigenvalue weighted by Gasteiger charge is -2.17. The molecule has 102 valence electrons. The maximum absolute atomic E-state index is 6.19. The van der Waals surface area contributed by atoms with E-state index in [1.165, 1.54) is 0 Å². The highest BCUT2D eigenvalue weighted by Crippen LogP contribution is 2.36. The number of methoxy groups -OCH3 is 2. The highest BCUT2D eigenvalue weighted by atomic mass is 35.5. The number of benzene rings is 1. The summed E-state index contributed by atoms with van der Waals surface area (Å²) in [6.07, 6.45) is 0. The summed E-state index contributed by atoms with van der Waals surface area (Å²) in [5.74, 6) is 1.56. The quantitative estimate of drug-likeness (QED) is 0.912. The van der Waals surface area contributed by atoms with Gasteiger partial charge in [-0.1, -0.05) is 17.7 Å². The number of thiophene rings is 1. The topological polar surface area (TPSA) is 30.5 Å². The maximum Gasteiger partial charge on any atom is 0.137 e. The average molecular weight is 298 g/mol. The summed E-state index contributed by atoms with van der Waals surface area (Å²) in [7, 11) is 5.21. The number of nitrogens with one attached hydrogen (secondary N) is 1. The molecule has 0 saturated heterocycles. The zero-order chi connectivity index (χ0) is 13.8. The largest absolute Gasteiger partial charge is 0.496 e. The van der Waals surface area contributed by atoms with Crippen molar-refractivity contribution in [2.45, 2.75) is 6.04 Å². The molecule has 0 aliphatic heterocycles. The molecule has 0 saturated carbocycles. The number of rotatable bonds is 5. The molecule has 2 aromatic rings. The molecule has 2 rings (SSSR count). The number of halogens is 1. The fraction of sp³-hybridized carbons (Fsp3) is 0.286. The summed E-state index contributed by atoms with van der Waals surface area (Å²) in [4.78, 5) is 1.13. The Balaban J connectivity index is 2.40. The predicted octanol–water partition coefficient (Wildman–Crippen LogP) is 3.73. The molecule has 0 amide bonds. The molecule has 0 bridgehead atoms. The molecule has 1 heterocycles. The first kappa shape index (κ1) is 14.2. The van der Waals surface area contributed by atoms with Crippen molar-refractivity contribution >= 4 is 22.9 Å². The van der Waals surface area contributed by atoms with Crippen LogP contribution in [0.5, 0.6) is 11.5 Å². The van der Waals surface area contributed by atoms with Gasteiger partial charge in [-0.05, 0) is 36.2 Å². The number of hydrogen-bond donors (Lipinski definition) is 1. The highest BCUT2D eigenvalue weighted by molar-refractivity contribution is 7.10. The van der Waals surface area contributed by atoms with Gasteiger partial charge >= 0.3 is 0 Å². The normalized spacial score (nSPS) is 12.2. The monoisotopic (exact) mass is 297 g/mol. The fourth-order valence-corrected chi connectivity index (χ4v) is 3.26. The van der Waals surface area contributed by atoms with Gasteiger partial charge in [0.15, 0.2) is 0 Å². The van der Waals surface area contributed by atoms with Gasteiger partial charge in [0.05, 0.1) is 30.2 Å². The van der Waals surface area contributed by atoms with Crippen LogP contribution in [0.4, 0.5) is 0 Å². The van der Waals surface area contributed by atoms with Crippen LogP contribution in [0, 0.1) is 0 Å². The molecule has 5 heteroatoms. The van der Waals surface area contributed by atoms with E-state index in [0.717, 1.165) is 16.2 Å². The molecule has 1 aromatic carbocycles. The number of ether oxygens (including phenoxy) is 2. The van der Waals surface area contributed by atoms with Crippen LogP contribution in [-0.2, 0) is 0 Å². The van der Waals surface area contributed by atoms with Crippen LogP contribution in [0.2, 0.25) is 5.02 Å². The van der Waals surface area contributed by atoms with Crippen LogP contribution in [0.1, 0.15) is 16.5 Å². The molecule has 1 N–H and O–H groups in total. The molecule has 3 nitrogen and oxygen atoms in total. The Bertz CT molecular complexity index is 556. The third-order valence-electron chi connectivity index (χ3n) is 2.94. The van der Waals surface area contributed by atoms with Gasteiger partial charge < -0.3 is 14.8 Å². The molecule has 0 aliphatic carbocycles. The molecular formula is C14H16ClNO2S. The van der Waals surface area contributed by atoms with Crippen LogP contribution >= 0.6 is 22.9 Å². The highest BCUT2D eigenvalue weighted by Gasteiger charge is 2.19. The zero-order valence-corrected chi connectivity index (χ0v) is 12.6. The zero-order valence-electron chi connectivity index (χ0n) is 11.1. The Kier molecular flexibility index (Phi) is 4.69. The average Bonchev–Trinajstić information content (AvgIpc) is 2.88. The molecule has 1 aromatic heterocycles. The van der Waals surface area contributed by atoms with E-state index < -0.39 is 0 Å². The summed E-state index contributed by atoms with van der Waals surface area (Å²) in [6.45, 7) is 0. The van der Waals surface area contributed by atoms with Crippen LogP contribution in [0.3, 0.4) is 0 Å². The Morgan fingerprint density at radius 2 is 1.89 bits per heavy atom. The first-order valence-corrected chi connectivity index (χ1v) is 7.09. The molecule has 0 spiro atoms. The van der Waals surface area contributed by atoms with Gasteiger partial charge in [-0.3, -0.25) is 0 Å². The van der Waals surface area contributed by atoms with Gasteiger partial charge in [-0.25, -0.2) is 0 Å². The Morgan fingerprint density at radius 1 is 1.16 bits per heavy atom. The molecule has 1 unspecified atom stereocenters. The lowest BCUT2D eigenvalue weighted by atomic mass is 10.0. The van der Waals surface area contributed by atoms with Gasteiger partial charge in [0.2, 0.25) is 0 Å². The SMILES string of the molecule is CNC(c1ccc(OC)c(Cl)c1)c1sccc1OC. The predicted molar refractivity (Wildman–Crippen MR) is 79.8 cm³/mol. The molecule has 0 aliphatic rings. The van der Waals surface area contributed by atoms with Crippen LogP contribution in [0.15, 0.2) is 29.6 Å². The fourth-order valence-electron chi connectivity index (χ4n) is 2.00. The van der Waals surface area contributed by atoms with Gasteiger partial charge in [-0.2, -0.15) is 0 Å². The van der Waals surface area contributed by atoms with E-state index in [9.17, 15) is 0 Å². The second-order valence-electron chi connectivity index (χ2n) is 3.97. The van der Waals surface area contributed by atoms with Gasteiger partial charge in [0.1, 0.15) is 11.5 Å². The Labute approximate surface area is 122 Å². The van der Waals surface area contributed by atoms with Gasteiger partial charge in [0, 0.05) is 0 Å². The van der Waals surface area contributed by atoms with E-state index in [0.29, 0.717) is 10.8 Å². The van der Waals surface area contributed by atoms with E-state index in [1.54, 1.807) is 25.6 Å². The minimum Gasteiger partial charge on any atom is -0.496 e. The van der Waals surface area contributed by atoms with Crippen LogP contribution < -0.4 is 14.8 Å². The first-order chi connectivity index (χ1) is 9.21. The van der Waals surface area contributed by atoms with Crippen LogP contribution in [-0.4, -0.2) is 21.3 Å². The van der Waals surface area contributed by atoms with Crippen molar-refractivity contribution in [3.05, 3.63) is 45.1 Å². The smallest absolute Gasteiger partial charge is 0.137 e. The van der Waals surface area contributed by atoms with Crippen molar-refractivity contribution in [3.63, 3.8) is 0 Å². The van der Waals surface area contributed by atoms with Crippen molar-refractivity contribution in [1.82, 2.24) is 5.32 Å². The molecule has 0 fully saturated rings. The summed E-state index contributed by atoms with van der Waals surface area (Å²) < 4.78 is 10.6. The van der Waals surface area contributed by atoms with Crippen molar-refractivity contribution in [3.8, 4) is 11.5 Å². The lowest BCUT2D eigenvalue weighted by molar-refractivity contribution is 0.408. The standard InChI is InChI=1S/C14H16ClNO2S/c1-16-13(14-12(18-3)6-7-19-14)9-4-5-11(17-2)10(15)8-9/h4-8,13,16H,1-3H3. The third kappa shape index (κ3) is 2.86. The van der Waals surface area contributed by atoms with Crippen molar-refractivity contribution in [1.29, 1.82) is 0 Å². The first-order valence-electron chi connectivity index (χ1n) is 5.83. The van der Waals surface area contributed by atoms with Crippen molar-refractivity contribution in [2.75, 3.05) is 21.3 Å². The molecule has 1 atom stereocenters. The summed E-state index contributed by atoms with van der Waals surface area (Å²) in [5.41, 5.74) is 1.08. The molecule has 0 radical (unpaired) electrons. The van der Waals surface area contributed by atoms with Crippen LogP contribution in [0.25, 0.3) is 0 Å². The van der Waals surface area contributed by atoms with Crippen molar-refractivity contribution < 1.29 is 9.47 Å². The minimum absolute atomic E-state index is 0.0540. The number of hydrogen-bond acceptors (Lipinski definition) is 4. The van der Waals surface area contributed by atoms with E-state index in [4.69, 9.17) is 21.1 Å². The van der Waals surface area contributed by atoms with E-state index in [1.807, 2.05) is 36.7 Å². The van der Waals surface area contributed by atoms with Gasteiger partial charge in [0.25, 0.3) is 0 Å². The molecule has 19 heavy (non-hydrogen) atoms. The third-order valence-corrected chi connectivity index (χ3v) is 4.20. The van der Waals surface area contributed by atoms with Crippen molar-refractivity contribution in [2.24, 2.45) is 0 Å². The van der Waals surface area contributed by atoms with E-state index in [2.05, 4.69) is 5.32 Å². The maximum atomic E-state index is 6.19. The van der Waals surface area contributed by atoms with E-state index in [-0.39, 0.29) is 6.04 Å². The molecular weight excluding hydrogens is 282 g/mol. The second-order valence-corrected chi connectivity index (χ2v) is 5.32. The summed E-state index contributed by atoms with van der Waals surface area (Å²) in [5, 5.41) is 5.92. The minimum atomic E-state index is 0.0540. The lowest BCUT2D eigenvalue weighted by Crippen LogP contribution is -2.17. The summed E-state index contributed by atoms with van der Waals surface area (Å²) in [6, 6.07) is 7.82.